The van der Waals surface area contributed by atoms with Gasteiger partial charge in [-0.1, -0.05) is 12.8 Å². The molecule has 0 aromatic carbocycles. The molecule has 0 radical (unpaired) electrons. The van der Waals surface area contributed by atoms with E-state index in [-0.39, 0.29) is 18.4 Å². The SMILES string of the molecule is N.O=C(CC(C(=O)OC1CCCCC1)S(=O)(=O)O)OC1CCCCC1. The van der Waals surface area contributed by atoms with Crippen LogP contribution < -0.4 is 6.15 Å². The maximum absolute atomic E-state index is 12.1. The van der Waals surface area contributed by atoms with Crippen molar-refractivity contribution in [2.24, 2.45) is 0 Å². The summed E-state index contributed by atoms with van der Waals surface area (Å²) in [6, 6.07) is 0. The average molecular weight is 379 g/mol. The van der Waals surface area contributed by atoms with Crippen LogP contribution in [0.1, 0.15) is 70.6 Å². The van der Waals surface area contributed by atoms with Gasteiger partial charge < -0.3 is 15.6 Å². The monoisotopic (exact) mass is 379 g/mol. The third-order valence-electron chi connectivity index (χ3n) is 4.66. The molecule has 0 bridgehead atoms. The predicted octanol–water partition coefficient (Wildman–Crippen LogP) is 2.55. The van der Waals surface area contributed by atoms with Crippen LogP contribution in [-0.2, 0) is 29.2 Å². The van der Waals surface area contributed by atoms with Crippen molar-refractivity contribution in [1.82, 2.24) is 6.15 Å². The Hall–Kier alpha value is -1.19. The number of carbonyl (C=O) groups is 2. The van der Waals surface area contributed by atoms with Gasteiger partial charge in [0.1, 0.15) is 12.2 Å². The largest absolute Gasteiger partial charge is 0.462 e. The Labute approximate surface area is 149 Å². The molecule has 4 N–H and O–H groups in total. The smallest absolute Gasteiger partial charge is 0.327 e. The van der Waals surface area contributed by atoms with E-state index >= 15 is 0 Å². The first kappa shape index (κ1) is 21.9. The van der Waals surface area contributed by atoms with Crippen LogP contribution in [0.4, 0.5) is 0 Å². The second-order valence-corrected chi connectivity index (χ2v) is 8.25. The van der Waals surface area contributed by atoms with Gasteiger partial charge in [-0.25, -0.2) is 0 Å². The second kappa shape index (κ2) is 10.1. The first-order valence-corrected chi connectivity index (χ1v) is 10.2. The Bertz CT molecular complexity index is 537. The first-order chi connectivity index (χ1) is 11.4. The zero-order valence-corrected chi connectivity index (χ0v) is 15.3. The maximum atomic E-state index is 12.1. The summed E-state index contributed by atoms with van der Waals surface area (Å²) < 4.78 is 42.7. The lowest BCUT2D eigenvalue weighted by Gasteiger charge is -2.24. The molecule has 8 nitrogen and oxygen atoms in total. The van der Waals surface area contributed by atoms with Gasteiger partial charge in [-0.15, -0.1) is 0 Å². The topological polar surface area (TPSA) is 142 Å². The molecule has 0 spiro atoms. The average Bonchev–Trinajstić information content (AvgIpc) is 2.53. The van der Waals surface area contributed by atoms with Crippen molar-refractivity contribution >= 4 is 22.1 Å². The highest BCUT2D eigenvalue weighted by Crippen LogP contribution is 2.23. The first-order valence-electron chi connectivity index (χ1n) is 8.72. The zero-order chi connectivity index (χ0) is 17.6. The van der Waals surface area contributed by atoms with Crippen molar-refractivity contribution in [1.29, 1.82) is 0 Å². The van der Waals surface area contributed by atoms with Crippen molar-refractivity contribution in [2.75, 3.05) is 0 Å². The van der Waals surface area contributed by atoms with Gasteiger partial charge in [-0.2, -0.15) is 8.42 Å². The number of esters is 2. The Kier molecular flexibility index (Phi) is 8.81. The summed E-state index contributed by atoms with van der Waals surface area (Å²) in [6.07, 6.45) is 7.46. The number of ether oxygens (including phenoxy) is 2. The summed E-state index contributed by atoms with van der Waals surface area (Å²) in [7, 11) is -4.73. The molecule has 0 amide bonds. The second-order valence-electron chi connectivity index (χ2n) is 6.65. The van der Waals surface area contributed by atoms with Gasteiger partial charge in [0.25, 0.3) is 10.1 Å². The Morgan fingerprint density at radius 2 is 1.32 bits per heavy atom. The molecule has 2 aliphatic carbocycles. The van der Waals surface area contributed by atoms with Crippen LogP contribution in [0, 0.1) is 0 Å². The van der Waals surface area contributed by atoms with Crippen molar-refractivity contribution in [3.05, 3.63) is 0 Å². The van der Waals surface area contributed by atoms with Crippen LogP contribution in [-0.4, -0.2) is 42.4 Å². The van der Waals surface area contributed by atoms with E-state index in [1.807, 2.05) is 0 Å². The molecule has 146 valence electrons. The molecule has 0 aromatic heterocycles. The van der Waals surface area contributed by atoms with E-state index in [1.165, 1.54) is 0 Å². The molecule has 25 heavy (non-hydrogen) atoms. The van der Waals surface area contributed by atoms with Gasteiger partial charge in [0.2, 0.25) is 0 Å². The number of carbonyl (C=O) groups excluding carboxylic acids is 2. The Morgan fingerprint density at radius 1 is 0.880 bits per heavy atom. The summed E-state index contributed by atoms with van der Waals surface area (Å²) in [5, 5.41) is -1.91. The van der Waals surface area contributed by atoms with Gasteiger partial charge in [0.05, 0.1) is 6.42 Å². The normalized spacial score (nSPS) is 21.0. The van der Waals surface area contributed by atoms with E-state index in [4.69, 9.17) is 9.47 Å². The maximum Gasteiger partial charge on any atom is 0.327 e. The number of rotatable bonds is 6. The van der Waals surface area contributed by atoms with E-state index in [0.717, 1.165) is 51.4 Å². The third-order valence-corrected chi connectivity index (χ3v) is 5.74. The lowest BCUT2D eigenvalue weighted by atomic mass is 9.98. The predicted molar refractivity (Wildman–Crippen MR) is 90.9 cm³/mol. The summed E-state index contributed by atoms with van der Waals surface area (Å²) in [6.45, 7) is 0. The minimum atomic E-state index is -4.73. The summed E-state index contributed by atoms with van der Waals surface area (Å²) in [5.41, 5.74) is 0. The molecule has 0 heterocycles. The van der Waals surface area contributed by atoms with Crippen molar-refractivity contribution in [3.8, 4) is 0 Å². The van der Waals surface area contributed by atoms with Gasteiger partial charge in [-0.05, 0) is 51.4 Å². The molecular formula is C16H29NO7S. The highest BCUT2D eigenvalue weighted by atomic mass is 32.2. The fourth-order valence-electron chi connectivity index (χ4n) is 3.30. The molecule has 2 saturated carbocycles. The number of hydrogen-bond donors (Lipinski definition) is 2. The molecule has 1 atom stereocenters. The quantitative estimate of drug-likeness (QED) is 0.529. The van der Waals surface area contributed by atoms with Gasteiger partial charge in [-0.3, -0.25) is 14.1 Å². The molecule has 0 aliphatic heterocycles. The Balaban J connectivity index is 0.00000312. The van der Waals surface area contributed by atoms with Crippen LogP contribution in [0.2, 0.25) is 0 Å². The summed E-state index contributed by atoms with van der Waals surface area (Å²) in [5.74, 6) is -1.85. The summed E-state index contributed by atoms with van der Waals surface area (Å²) in [4.78, 5) is 24.1. The van der Waals surface area contributed by atoms with Gasteiger partial charge >= 0.3 is 11.9 Å². The fourth-order valence-corrected chi connectivity index (χ4v) is 3.95. The van der Waals surface area contributed by atoms with Crippen LogP contribution in [0.25, 0.3) is 0 Å². The Morgan fingerprint density at radius 3 is 1.76 bits per heavy atom. The minimum Gasteiger partial charge on any atom is -0.462 e. The highest BCUT2D eigenvalue weighted by molar-refractivity contribution is 7.87. The third kappa shape index (κ3) is 7.29. The van der Waals surface area contributed by atoms with E-state index in [2.05, 4.69) is 0 Å². The molecule has 2 aliphatic rings. The minimum absolute atomic E-state index is 0. The number of hydrogen-bond acceptors (Lipinski definition) is 7. The van der Waals surface area contributed by atoms with Crippen molar-refractivity contribution in [2.45, 2.75) is 88.1 Å². The lowest BCUT2D eigenvalue weighted by molar-refractivity contribution is -0.157. The van der Waals surface area contributed by atoms with E-state index < -0.39 is 33.7 Å². The highest BCUT2D eigenvalue weighted by Gasteiger charge is 2.37. The molecule has 2 rings (SSSR count). The van der Waals surface area contributed by atoms with Crippen molar-refractivity contribution < 1.29 is 32.0 Å². The van der Waals surface area contributed by atoms with E-state index in [9.17, 15) is 22.6 Å². The van der Waals surface area contributed by atoms with Crippen LogP contribution in [0.15, 0.2) is 0 Å². The van der Waals surface area contributed by atoms with Crippen LogP contribution in [0.5, 0.6) is 0 Å². The van der Waals surface area contributed by atoms with E-state index in [1.54, 1.807) is 0 Å². The zero-order valence-electron chi connectivity index (χ0n) is 14.5. The lowest BCUT2D eigenvalue weighted by Crippen LogP contribution is -2.37. The molecule has 0 saturated heterocycles. The van der Waals surface area contributed by atoms with Gasteiger partial charge in [0.15, 0.2) is 5.25 Å². The molecular weight excluding hydrogens is 350 g/mol. The molecule has 9 heteroatoms. The van der Waals surface area contributed by atoms with Crippen LogP contribution >= 0.6 is 0 Å². The standard InChI is InChI=1S/C16H26O7S.H3N/c17-15(22-12-7-3-1-4-8-12)11-14(24(19,20)21)16(18)23-13-9-5-2-6-10-13;/h12-14H,1-11H2,(H,19,20,21);1H3. The summed E-state index contributed by atoms with van der Waals surface area (Å²) >= 11 is 0. The van der Waals surface area contributed by atoms with Crippen LogP contribution in [0.3, 0.4) is 0 Å². The van der Waals surface area contributed by atoms with Crippen molar-refractivity contribution in [3.63, 3.8) is 0 Å². The van der Waals surface area contributed by atoms with Gasteiger partial charge in [0, 0.05) is 0 Å². The molecule has 1 unspecified atom stereocenters. The molecule has 2 fully saturated rings. The van der Waals surface area contributed by atoms with E-state index in [0.29, 0.717) is 12.8 Å². The fraction of sp³-hybridized carbons (Fsp3) is 0.875. The molecule has 0 aromatic rings.